The zero-order valence-electron chi connectivity index (χ0n) is 9.73. The van der Waals surface area contributed by atoms with Crippen molar-refractivity contribution in [2.24, 2.45) is 5.90 Å². The molecule has 2 N–H and O–H groups in total. The van der Waals surface area contributed by atoms with Crippen LogP contribution in [0.3, 0.4) is 0 Å². The third-order valence-corrected chi connectivity index (χ3v) is 1.72. The van der Waals surface area contributed by atoms with Crippen LogP contribution in [0.2, 0.25) is 0 Å². The molecule has 0 aromatic carbocycles. The highest BCUT2D eigenvalue weighted by atomic mass is 16.7. The van der Waals surface area contributed by atoms with E-state index in [-0.39, 0.29) is 0 Å². The molecule has 0 bridgehead atoms. The summed E-state index contributed by atoms with van der Waals surface area (Å²) < 4.78 is 5.05. The molecular weight excluding hydrogens is 200 g/mol. The van der Waals surface area contributed by atoms with Gasteiger partial charge in [-0.1, -0.05) is 0 Å². The Hall–Kier alpha value is -1.30. The Morgan fingerprint density at radius 3 is 2.13 bits per heavy atom. The van der Waals surface area contributed by atoms with Crippen LogP contribution in [0.25, 0.3) is 0 Å². The Morgan fingerprint density at radius 1 is 1.33 bits per heavy atom. The van der Waals surface area contributed by atoms with Crippen molar-refractivity contribution in [1.29, 1.82) is 0 Å². The molecule has 0 radical (unpaired) electrons. The molecule has 6 nitrogen and oxygen atoms in total. The first-order chi connectivity index (χ1) is 6.69. The second-order valence-electron chi connectivity index (χ2n) is 4.20. The summed E-state index contributed by atoms with van der Waals surface area (Å²) >= 11 is 0. The van der Waals surface area contributed by atoms with Crippen molar-refractivity contribution < 1.29 is 19.2 Å². The maximum Gasteiger partial charge on any atom is 0.410 e. The van der Waals surface area contributed by atoms with Gasteiger partial charge in [0.2, 0.25) is 0 Å². The number of hydrogen-bond acceptors (Lipinski definition) is 5. The molecule has 0 rings (SSSR count). The molecule has 0 unspecified atom stereocenters. The number of nitrogens with zero attached hydrogens (tertiary/aromatic N) is 1. The van der Waals surface area contributed by atoms with E-state index in [1.165, 1.54) is 14.0 Å². The van der Waals surface area contributed by atoms with Crippen LogP contribution < -0.4 is 5.90 Å². The van der Waals surface area contributed by atoms with Crippen LogP contribution in [0.1, 0.15) is 27.7 Å². The lowest BCUT2D eigenvalue weighted by Gasteiger charge is -2.27. The van der Waals surface area contributed by atoms with Gasteiger partial charge in [0, 0.05) is 7.05 Å². The molecule has 0 spiro atoms. The first-order valence-electron chi connectivity index (χ1n) is 4.55. The van der Waals surface area contributed by atoms with Crippen molar-refractivity contribution in [2.45, 2.75) is 39.3 Å². The summed E-state index contributed by atoms with van der Waals surface area (Å²) in [5.74, 6) is 4.02. The highest BCUT2D eigenvalue weighted by Gasteiger charge is 2.27. The zero-order chi connectivity index (χ0) is 12.2. The maximum atomic E-state index is 11.5. The number of ether oxygens (including phenoxy) is 1. The number of nitrogens with two attached hydrogens (primary N) is 1. The maximum absolute atomic E-state index is 11.5. The van der Waals surface area contributed by atoms with Gasteiger partial charge in [0.1, 0.15) is 11.6 Å². The van der Waals surface area contributed by atoms with Gasteiger partial charge in [-0.3, -0.25) is 4.90 Å². The van der Waals surface area contributed by atoms with Crippen molar-refractivity contribution in [3.8, 4) is 0 Å². The van der Waals surface area contributed by atoms with Gasteiger partial charge in [0.05, 0.1) is 0 Å². The van der Waals surface area contributed by atoms with E-state index in [0.29, 0.717) is 0 Å². The highest BCUT2D eigenvalue weighted by molar-refractivity contribution is 5.80. The number of amides is 1. The summed E-state index contributed by atoms with van der Waals surface area (Å²) in [5, 5.41) is 0. The minimum atomic E-state index is -0.773. The standard InChI is InChI=1S/C9H18N2O4/c1-6(7(12)15-10)11(5)8(13)14-9(2,3)4/h6H,10H2,1-5H3/t6-/m0/s1. The van der Waals surface area contributed by atoms with E-state index in [1.807, 2.05) is 0 Å². The fraction of sp³-hybridized carbons (Fsp3) is 0.778. The summed E-state index contributed by atoms with van der Waals surface area (Å²) in [4.78, 5) is 27.7. The monoisotopic (exact) mass is 218 g/mol. The quantitative estimate of drug-likeness (QED) is 0.688. The third-order valence-electron chi connectivity index (χ3n) is 1.72. The second-order valence-corrected chi connectivity index (χ2v) is 4.20. The summed E-state index contributed by atoms with van der Waals surface area (Å²) in [5.41, 5.74) is -0.600. The smallest absolute Gasteiger partial charge is 0.410 e. The zero-order valence-corrected chi connectivity index (χ0v) is 9.73. The predicted molar refractivity (Wildman–Crippen MR) is 53.7 cm³/mol. The normalized spacial score (nSPS) is 12.9. The van der Waals surface area contributed by atoms with E-state index in [9.17, 15) is 9.59 Å². The SMILES string of the molecule is C[C@@H](C(=O)ON)N(C)C(=O)OC(C)(C)C. The topological polar surface area (TPSA) is 81.9 Å². The largest absolute Gasteiger partial charge is 0.444 e. The highest BCUT2D eigenvalue weighted by Crippen LogP contribution is 2.10. The van der Waals surface area contributed by atoms with Crippen molar-refractivity contribution in [1.82, 2.24) is 4.90 Å². The molecular formula is C9H18N2O4. The fourth-order valence-electron chi connectivity index (χ4n) is 0.749. The Bertz CT molecular complexity index is 247. The van der Waals surface area contributed by atoms with Gasteiger partial charge in [-0.15, -0.1) is 0 Å². The van der Waals surface area contributed by atoms with Crippen molar-refractivity contribution in [2.75, 3.05) is 7.05 Å². The lowest BCUT2D eigenvalue weighted by Crippen LogP contribution is -2.44. The average molecular weight is 218 g/mol. The van der Waals surface area contributed by atoms with Gasteiger partial charge in [0.15, 0.2) is 0 Å². The molecule has 1 atom stereocenters. The molecule has 6 heteroatoms. The van der Waals surface area contributed by atoms with E-state index in [1.54, 1.807) is 20.8 Å². The Labute approximate surface area is 89.3 Å². The van der Waals surface area contributed by atoms with E-state index in [4.69, 9.17) is 10.6 Å². The van der Waals surface area contributed by atoms with Gasteiger partial charge in [-0.25, -0.2) is 9.59 Å². The molecule has 15 heavy (non-hydrogen) atoms. The third kappa shape index (κ3) is 4.64. The minimum Gasteiger partial charge on any atom is -0.444 e. The van der Waals surface area contributed by atoms with E-state index < -0.39 is 23.7 Å². The van der Waals surface area contributed by atoms with Crippen LogP contribution in [0, 0.1) is 0 Å². The van der Waals surface area contributed by atoms with Crippen LogP contribution in [-0.4, -0.2) is 35.7 Å². The van der Waals surface area contributed by atoms with Crippen LogP contribution >= 0.6 is 0 Å². The second kappa shape index (κ2) is 4.97. The molecule has 0 aliphatic carbocycles. The summed E-state index contributed by atoms with van der Waals surface area (Å²) in [6.07, 6.45) is -0.597. The Balaban J connectivity index is 4.39. The van der Waals surface area contributed by atoms with Crippen LogP contribution in [-0.2, 0) is 14.4 Å². The van der Waals surface area contributed by atoms with E-state index in [2.05, 4.69) is 4.84 Å². The lowest BCUT2D eigenvalue weighted by molar-refractivity contribution is -0.149. The summed E-state index contributed by atoms with van der Waals surface area (Å²) in [6, 6.07) is -0.773. The molecule has 0 aliphatic heterocycles. The average Bonchev–Trinajstić information content (AvgIpc) is 2.11. The number of rotatable bonds is 2. The van der Waals surface area contributed by atoms with E-state index in [0.717, 1.165) is 4.90 Å². The van der Waals surface area contributed by atoms with Gasteiger partial charge in [-0.05, 0) is 27.7 Å². The van der Waals surface area contributed by atoms with E-state index >= 15 is 0 Å². The van der Waals surface area contributed by atoms with Gasteiger partial charge in [0.25, 0.3) is 0 Å². The summed E-state index contributed by atoms with van der Waals surface area (Å²) in [6.45, 7) is 6.72. The van der Waals surface area contributed by atoms with Crippen LogP contribution in [0.5, 0.6) is 0 Å². The van der Waals surface area contributed by atoms with Crippen molar-refractivity contribution >= 4 is 12.1 Å². The minimum absolute atomic E-state index is 0.597. The lowest BCUT2D eigenvalue weighted by atomic mass is 10.2. The Morgan fingerprint density at radius 2 is 1.80 bits per heavy atom. The molecule has 0 aromatic heterocycles. The molecule has 0 aromatic rings. The van der Waals surface area contributed by atoms with Crippen LogP contribution in [0.15, 0.2) is 0 Å². The van der Waals surface area contributed by atoms with Gasteiger partial charge >= 0.3 is 12.1 Å². The van der Waals surface area contributed by atoms with Crippen LogP contribution in [0.4, 0.5) is 4.79 Å². The fourth-order valence-corrected chi connectivity index (χ4v) is 0.749. The summed E-state index contributed by atoms with van der Waals surface area (Å²) in [7, 11) is 1.44. The molecule has 0 heterocycles. The molecule has 1 amide bonds. The predicted octanol–water partition coefficient (Wildman–Crippen LogP) is 0.659. The molecule has 0 saturated carbocycles. The number of carbonyl (C=O) groups excluding carboxylic acids is 2. The van der Waals surface area contributed by atoms with Crippen molar-refractivity contribution in [3.05, 3.63) is 0 Å². The van der Waals surface area contributed by atoms with Gasteiger partial charge in [-0.2, -0.15) is 5.90 Å². The number of likely N-dealkylation sites (N-methyl/N-ethyl adjacent to an activating group) is 1. The number of carbonyl (C=O) groups is 2. The molecule has 0 fully saturated rings. The molecule has 0 saturated heterocycles. The van der Waals surface area contributed by atoms with Crippen molar-refractivity contribution in [3.63, 3.8) is 0 Å². The first kappa shape index (κ1) is 13.7. The first-order valence-corrected chi connectivity index (χ1v) is 4.55. The number of hydrogen-bond donors (Lipinski definition) is 1. The Kier molecular flexibility index (Phi) is 4.54. The molecule has 0 aliphatic rings. The molecule has 88 valence electrons. The van der Waals surface area contributed by atoms with Gasteiger partial charge < -0.3 is 9.57 Å².